The van der Waals surface area contributed by atoms with Crippen molar-refractivity contribution in [3.05, 3.63) is 0 Å². The van der Waals surface area contributed by atoms with Gasteiger partial charge in [-0.2, -0.15) is 0 Å². The van der Waals surface area contributed by atoms with Crippen LogP contribution in [0.1, 0.15) is 52.4 Å². The number of nitrogens with one attached hydrogen (secondary N) is 1. The van der Waals surface area contributed by atoms with Crippen molar-refractivity contribution in [2.75, 3.05) is 13.1 Å². The molecular weight excluding hydrogens is 212 g/mol. The molecule has 0 radical (unpaired) electrons. The Morgan fingerprint density at radius 1 is 1.29 bits per heavy atom. The number of likely N-dealkylation sites (tertiary alicyclic amines) is 1. The summed E-state index contributed by atoms with van der Waals surface area (Å²) in [6.45, 7) is 6.58. The zero-order valence-corrected chi connectivity index (χ0v) is 11.2. The van der Waals surface area contributed by atoms with Gasteiger partial charge in [-0.15, -0.1) is 0 Å². The fourth-order valence-corrected chi connectivity index (χ4v) is 3.13. The highest BCUT2D eigenvalue weighted by Crippen LogP contribution is 2.24. The molecule has 2 fully saturated rings. The monoisotopic (exact) mass is 238 g/mol. The molecule has 0 bridgehead atoms. The highest BCUT2D eigenvalue weighted by atomic mass is 16.2. The second kappa shape index (κ2) is 5.85. The predicted molar refractivity (Wildman–Crippen MR) is 69.8 cm³/mol. The van der Waals surface area contributed by atoms with Crippen molar-refractivity contribution < 1.29 is 4.79 Å². The van der Waals surface area contributed by atoms with E-state index in [1.807, 2.05) is 0 Å². The van der Waals surface area contributed by atoms with Gasteiger partial charge in [0.05, 0.1) is 0 Å². The van der Waals surface area contributed by atoms with Gasteiger partial charge in [-0.3, -0.25) is 4.79 Å². The van der Waals surface area contributed by atoms with Crippen LogP contribution in [0, 0.1) is 5.92 Å². The molecule has 2 aliphatic rings. The molecule has 3 atom stereocenters. The third-order valence-corrected chi connectivity index (χ3v) is 4.56. The van der Waals surface area contributed by atoms with E-state index >= 15 is 0 Å². The van der Waals surface area contributed by atoms with E-state index < -0.39 is 0 Å². The van der Waals surface area contributed by atoms with Gasteiger partial charge in [-0.25, -0.2) is 0 Å². The molecule has 3 heteroatoms. The average Bonchev–Trinajstić information content (AvgIpc) is 2.82. The molecule has 3 nitrogen and oxygen atoms in total. The van der Waals surface area contributed by atoms with Gasteiger partial charge in [0.25, 0.3) is 0 Å². The molecule has 1 N–H and O–H groups in total. The van der Waals surface area contributed by atoms with Crippen molar-refractivity contribution in [1.29, 1.82) is 0 Å². The molecule has 3 unspecified atom stereocenters. The predicted octanol–water partition coefficient (Wildman–Crippen LogP) is 2.17. The van der Waals surface area contributed by atoms with E-state index in [4.69, 9.17) is 0 Å². The second-order valence-corrected chi connectivity index (χ2v) is 5.78. The van der Waals surface area contributed by atoms with Gasteiger partial charge < -0.3 is 10.2 Å². The lowest BCUT2D eigenvalue weighted by molar-refractivity contribution is -0.136. The first kappa shape index (κ1) is 12.9. The maximum atomic E-state index is 12.2. The Morgan fingerprint density at radius 2 is 2.12 bits per heavy atom. The van der Waals surface area contributed by atoms with Crippen LogP contribution in [-0.4, -0.2) is 36.0 Å². The molecule has 2 saturated heterocycles. The quantitative estimate of drug-likeness (QED) is 0.817. The van der Waals surface area contributed by atoms with Gasteiger partial charge in [0.15, 0.2) is 0 Å². The Labute approximate surface area is 105 Å². The van der Waals surface area contributed by atoms with E-state index in [1.54, 1.807) is 0 Å². The van der Waals surface area contributed by atoms with Crippen LogP contribution in [0.15, 0.2) is 0 Å². The van der Waals surface area contributed by atoms with Crippen LogP contribution in [0.3, 0.4) is 0 Å². The number of hydrogen-bond acceptors (Lipinski definition) is 2. The standard InChI is InChI=1S/C14H26N2O/c1-11-5-4-10-16(12(11)2)14(17)8-7-13-6-3-9-15-13/h11-13,15H,3-10H2,1-2H3. The molecule has 2 rings (SSSR count). The number of piperidine rings is 1. The highest BCUT2D eigenvalue weighted by Gasteiger charge is 2.28. The zero-order valence-electron chi connectivity index (χ0n) is 11.2. The Morgan fingerprint density at radius 3 is 2.82 bits per heavy atom. The van der Waals surface area contributed by atoms with Crippen molar-refractivity contribution in [3.63, 3.8) is 0 Å². The van der Waals surface area contributed by atoms with Crippen LogP contribution in [0.4, 0.5) is 0 Å². The number of carbonyl (C=O) groups excluding carboxylic acids is 1. The molecule has 2 aliphatic heterocycles. The SMILES string of the molecule is CC1CCCN(C(=O)CCC2CCCN2)C1C. The minimum Gasteiger partial charge on any atom is -0.340 e. The van der Waals surface area contributed by atoms with Crippen LogP contribution in [0.25, 0.3) is 0 Å². The average molecular weight is 238 g/mol. The van der Waals surface area contributed by atoms with Crippen molar-refractivity contribution in [1.82, 2.24) is 10.2 Å². The fourth-order valence-electron chi connectivity index (χ4n) is 3.13. The van der Waals surface area contributed by atoms with Crippen molar-refractivity contribution in [2.45, 2.75) is 64.5 Å². The summed E-state index contributed by atoms with van der Waals surface area (Å²) in [7, 11) is 0. The van der Waals surface area contributed by atoms with E-state index in [2.05, 4.69) is 24.1 Å². The van der Waals surface area contributed by atoms with Crippen LogP contribution in [-0.2, 0) is 4.79 Å². The molecule has 98 valence electrons. The Bertz CT molecular complexity index is 261. The first-order chi connectivity index (χ1) is 8.18. The maximum Gasteiger partial charge on any atom is 0.222 e. The summed E-state index contributed by atoms with van der Waals surface area (Å²) in [4.78, 5) is 14.3. The van der Waals surface area contributed by atoms with Gasteiger partial charge in [0.1, 0.15) is 0 Å². The number of amides is 1. The van der Waals surface area contributed by atoms with Crippen LogP contribution < -0.4 is 5.32 Å². The van der Waals surface area contributed by atoms with E-state index in [9.17, 15) is 4.79 Å². The minimum atomic E-state index is 0.373. The second-order valence-electron chi connectivity index (χ2n) is 5.78. The van der Waals surface area contributed by atoms with Crippen molar-refractivity contribution in [3.8, 4) is 0 Å². The van der Waals surface area contributed by atoms with E-state index in [0.717, 1.165) is 25.9 Å². The van der Waals surface area contributed by atoms with Crippen molar-refractivity contribution in [2.24, 2.45) is 5.92 Å². The molecule has 0 aromatic carbocycles. The number of carbonyl (C=O) groups is 1. The number of nitrogens with zero attached hydrogens (tertiary/aromatic N) is 1. The highest BCUT2D eigenvalue weighted by molar-refractivity contribution is 5.76. The normalized spacial score (nSPS) is 34.0. The van der Waals surface area contributed by atoms with Crippen LogP contribution >= 0.6 is 0 Å². The summed E-state index contributed by atoms with van der Waals surface area (Å²) in [6.07, 6.45) is 6.73. The summed E-state index contributed by atoms with van der Waals surface area (Å²) in [5, 5.41) is 3.46. The van der Waals surface area contributed by atoms with Gasteiger partial charge in [0, 0.05) is 25.0 Å². The molecule has 0 aromatic rings. The molecule has 17 heavy (non-hydrogen) atoms. The number of rotatable bonds is 3. The Balaban J connectivity index is 1.78. The molecule has 2 heterocycles. The minimum absolute atomic E-state index is 0.373. The topological polar surface area (TPSA) is 32.3 Å². The first-order valence-electron chi connectivity index (χ1n) is 7.21. The largest absolute Gasteiger partial charge is 0.340 e. The van der Waals surface area contributed by atoms with E-state index in [-0.39, 0.29) is 0 Å². The van der Waals surface area contributed by atoms with Gasteiger partial charge in [-0.05, 0) is 51.5 Å². The smallest absolute Gasteiger partial charge is 0.222 e. The van der Waals surface area contributed by atoms with Gasteiger partial charge in [0.2, 0.25) is 5.91 Å². The summed E-state index contributed by atoms with van der Waals surface area (Å²) in [5.41, 5.74) is 0. The van der Waals surface area contributed by atoms with Crippen molar-refractivity contribution >= 4 is 5.91 Å². The van der Waals surface area contributed by atoms with Crippen LogP contribution in [0.2, 0.25) is 0 Å². The Kier molecular flexibility index (Phi) is 4.43. The number of hydrogen-bond donors (Lipinski definition) is 1. The maximum absolute atomic E-state index is 12.2. The molecule has 0 aliphatic carbocycles. The van der Waals surface area contributed by atoms with Gasteiger partial charge in [-0.1, -0.05) is 6.92 Å². The van der Waals surface area contributed by atoms with Gasteiger partial charge >= 0.3 is 0 Å². The summed E-state index contributed by atoms with van der Waals surface area (Å²) >= 11 is 0. The molecule has 1 amide bonds. The zero-order chi connectivity index (χ0) is 12.3. The summed E-state index contributed by atoms with van der Waals surface area (Å²) in [5.74, 6) is 1.04. The molecular formula is C14H26N2O. The molecule has 0 aromatic heterocycles. The van der Waals surface area contributed by atoms with Crippen LogP contribution in [0.5, 0.6) is 0 Å². The van der Waals surface area contributed by atoms with E-state index in [1.165, 1.54) is 25.7 Å². The molecule has 0 saturated carbocycles. The fraction of sp³-hybridized carbons (Fsp3) is 0.929. The summed E-state index contributed by atoms with van der Waals surface area (Å²) in [6, 6.07) is 1.03. The third-order valence-electron chi connectivity index (χ3n) is 4.56. The lowest BCUT2D eigenvalue weighted by atomic mass is 9.91. The Hall–Kier alpha value is -0.570. The first-order valence-corrected chi connectivity index (χ1v) is 7.21. The third kappa shape index (κ3) is 3.21. The lowest BCUT2D eigenvalue weighted by Crippen LogP contribution is -2.46. The molecule has 0 spiro atoms. The summed E-state index contributed by atoms with van der Waals surface area (Å²) < 4.78 is 0. The van der Waals surface area contributed by atoms with E-state index in [0.29, 0.717) is 23.9 Å². The lowest BCUT2D eigenvalue weighted by Gasteiger charge is -2.38.